The van der Waals surface area contributed by atoms with Crippen molar-refractivity contribution in [3.8, 4) is 0 Å². The highest BCUT2D eigenvalue weighted by atomic mass is 35.5. The van der Waals surface area contributed by atoms with Gasteiger partial charge in [0.1, 0.15) is 12.6 Å². The third kappa shape index (κ3) is 7.61. The Balaban J connectivity index is 2.41. The van der Waals surface area contributed by atoms with Gasteiger partial charge >= 0.3 is 0 Å². The van der Waals surface area contributed by atoms with Gasteiger partial charge in [-0.2, -0.15) is 0 Å². The van der Waals surface area contributed by atoms with Crippen molar-refractivity contribution in [2.45, 2.75) is 40.3 Å². The van der Waals surface area contributed by atoms with Gasteiger partial charge in [-0.1, -0.05) is 61.3 Å². The first kappa shape index (κ1) is 28.0. The SMILES string of the molecule is Cc1ccccc1N(CC(=O)N(Cc1ccc(Cl)cc1Cl)[C@@H](C)C(=O)NCC(C)C)S(C)(=O)=O. The normalized spacial score (nSPS) is 12.4. The topological polar surface area (TPSA) is 86.8 Å². The van der Waals surface area contributed by atoms with Crippen LogP contribution in [0, 0.1) is 12.8 Å². The van der Waals surface area contributed by atoms with Crippen molar-refractivity contribution < 1.29 is 18.0 Å². The van der Waals surface area contributed by atoms with E-state index in [-0.39, 0.29) is 18.4 Å². The molecule has 1 N–H and O–H groups in total. The number of carbonyl (C=O) groups is 2. The zero-order valence-corrected chi connectivity index (χ0v) is 22.3. The van der Waals surface area contributed by atoms with Crippen LogP contribution < -0.4 is 9.62 Å². The molecule has 34 heavy (non-hydrogen) atoms. The monoisotopic (exact) mass is 527 g/mol. The number of nitrogens with zero attached hydrogens (tertiary/aromatic N) is 2. The first-order valence-electron chi connectivity index (χ1n) is 10.9. The maximum absolute atomic E-state index is 13.5. The highest BCUT2D eigenvalue weighted by Gasteiger charge is 2.30. The van der Waals surface area contributed by atoms with Crippen LogP contribution in [0.5, 0.6) is 0 Å². The quantitative estimate of drug-likeness (QED) is 0.500. The lowest BCUT2D eigenvalue weighted by Gasteiger charge is -2.32. The lowest BCUT2D eigenvalue weighted by Crippen LogP contribution is -2.51. The predicted octanol–water partition coefficient (Wildman–Crippen LogP) is 4.26. The summed E-state index contributed by atoms with van der Waals surface area (Å²) in [4.78, 5) is 27.7. The number of para-hydroxylation sites is 1. The van der Waals surface area contributed by atoms with Gasteiger partial charge in [0.05, 0.1) is 11.9 Å². The van der Waals surface area contributed by atoms with E-state index in [1.165, 1.54) is 4.90 Å². The molecule has 0 bridgehead atoms. The number of hydrogen-bond acceptors (Lipinski definition) is 4. The number of sulfonamides is 1. The summed E-state index contributed by atoms with van der Waals surface area (Å²) in [5, 5.41) is 3.62. The molecule has 0 aliphatic heterocycles. The van der Waals surface area contributed by atoms with Crippen molar-refractivity contribution in [1.29, 1.82) is 0 Å². The lowest BCUT2D eigenvalue weighted by atomic mass is 10.1. The summed E-state index contributed by atoms with van der Waals surface area (Å²) < 4.78 is 26.3. The Morgan fingerprint density at radius 1 is 1.06 bits per heavy atom. The Kier molecular flexibility index (Phi) is 9.79. The van der Waals surface area contributed by atoms with Gasteiger partial charge in [-0.15, -0.1) is 0 Å². The van der Waals surface area contributed by atoms with E-state index in [0.717, 1.165) is 10.6 Å². The van der Waals surface area contributed by atoms with Crippen LogP contribution in [0.4, 0.5) is 5.69 Å². The van der Waals surface area contributed by atoms with Crippen LogP contribution >= 0.6 is 23.2 Å². The summed E-state index contributed by atoms with van der Waals surface area (Å²) in [6.07, 6.45) is 1.05. The minimum Gasteiger partial charge on any atom is -0.354 e. The van der Waals surface area contributed by atoms with Gasteiger partial charge in [0, 0.05) is 23.1 Å². The minimum atomic E-state index is -3.78. The van der Waals surface area contributed by atoms with Crippen molar-refractivity contribution in [3.05, 3.63) is 63.6 Å². The molecular formula is C24H31Cl2N3O4S. The summed E-state index contributed by atoms with van der Waals surface area (Å²) in [7, 11) is -3.78. The molecule has 0 saturated heterocycles. The number of amides is 2. The minimum absolute atomic E-state index is 0.0104. The van der Waals surface area contributed by atoms with Gasteiger partial charge < -0.3 is 10.2 Å². The van der Waals surface area contributed by atoms with Crippen LogP contribution in [-0.2, 0) is 26.2 Å². The van der Waals surface area contributed by atoms with Crippen LogP contribution in [0.15, 0.2) is 42.5 Å². The number of nitrogens with one attached hydrogen (secondary N) is 1. The fourth-order valence-electron chi connectivity index (χ4n) is 3.31. The number of rotatable bonds is 10. The number of carbonyl (C=O) groups excluding carboxylic acids is 2. The Morgan fingerprint density at radius 3 is 2.26 bits per heavy atom. The third-order valence-corrected chi connectivity index (χ3v) is 6.98. The van der Waals surface area contributed by atoms with Crippen LogP contribution in [0.1, 0.15) is 31.9 Å². The van der Waals surface area contributed by atoms with Gasteiger partial charge in [0.25, 0.3) is 0 Å². The van der Waals surface area contributed by atoms with E-state index in [1.807, 2.05) is 13.8 Å². The molecule has 2 amide bonds. The Labute approximate surface area is 212 Å². The smallest absolute Gasteiger partial charge is 0.244 e. The van der Waals surface area contributed by atoms with Gasteiger partial charge in [0.2, 0.25) is 21.8 Å². The van der Waals surface area contributed by atoms with Gasteiger partial charge in [-0.25, -0.2) is 8.42 Å². The van der Waals surface area contributed by atoms with Gasteiger partial charge in [-0.3, -0.25) is 13.9 Å². The largest absolute Gasteiger partial charge is 0.354 e. The second-order valence-electron chi connectivity index (χ2n) is 8.63. The average molecular weight is 529 g/mol. The van der Waals surface area contributed by atoms with Crippen LogP contribution in [0.25, 0.3) is 0 Å². The molecule has 186 valence electrons. The maximum atomic E-state index is 13.5. The molecule has 10 heteroatoms. The molecule has 0 aliphatic rings. The van der Waals surface area contributed by atoms with Gasteiger partial charge in [-0.05, 0) is 49.1 Å². The highest BCUT2D eigenvalue weighted by molar-refractivity contribution is 7.92. The van der Waals surface area contributed by atoms with Crippen LogP contribution in [0.2, 0.25) is 10.0 Å². The predicted molar refractivity (Wildman–Crippen MR) is 138 cm³/mol. The zero-order chi connectivity index (χ0) is 25.6. The molecule has 0 aliphatic carbocycles. The highest BCUT2D eigenvalue weighted by Crippen LogP contribution is 2.25. The molecule has 2 rings (SSSR count). The van der Waals surface area contributed by atoms with Crippen LogP contribution in [-0.4, -0.2) is 50.5 Å². The molecule has 0 heterocycles. The van der Waals surface area contributed by atoms with E-state index >= 15 is 0 Å². The molecule has 0 spiro atoms. The molecule has 0 radical (unpaired) electrons. The molecule has 2 aromatic carbocycles. The van der Waals surface area contributed by atoms with Crippen molar-refractivity contribution in [2.75, 3.05) is 23.7 Å². The number of benzene rings is 2. The first-order chi connectivity index (χ1) is 15.8. The van der Waals surface area contributed by atoms with Crippen molar-refractivity contribution >= 4 is 50.7 Å². The van der Waals surface area contributed by atoms with E-state index < -0.39 is 28.5 Å². The summed E-state index contributed by atoms with van der Waals surface area (Å²) in [6.45, 7) is 7.31. The van der Waals surface area contributed by atoms with E-state index in [2.05, 4.69) is 5.32 Å². The fourth-order valence-corrected chi connectivity index (χ4v) is 4.68. The fraction of sp³-hybridized carbons (Fsp3) is 0.417. The Morgan fingerprint density at radius 2 is 1.71 bits per heavy atom. The molecule has 0 unspecified atom stereocenters. The summed E-state index contributed by atoms with van der Waals surface area (Å²) in [6, 6.07) is 10.9. The second-order valence-corrected chi connectivity index (χ2v) is 11.4. The first-order valence-corrected chi connectivity index (χ1v) is 13.5. The van der Waals surface area contributed by atoms with E-state index in [9.17, 15) is 18.0 Å². The molecule has 0 fully saturated rings. The van der Waals surface area contributed by atoms with Crippen molar-refractivity contribution in [3.63, 3.8) is 0 Å². The summed E-state index contributed by atoms with van der Waals surface area (Å²) in [5.74, 6) is -0.645. The number of halogens is 2. The molecule has 7 nitrogen and oxygen atoms in total. The van der Waals surface area contributed by atoms with Crippen LogP contribution in [0.3, 0.4) is 0 Å². The summed E-state index contributed by atoms with van der Waals surface area (Å²) in [5.41, 5.74) is 1.69. The Bertz CT molecular complexity index is 1140. The molecule has 0 saturated carbocycles. The van der Waals surface area contributed by atoms with Crippen molar-refractivity contribution in [2.24, 2.45) is 5.92 Å². The third-order valence-electron chi connectivity index (χ3n) is 5.27. The number of hydrogen-bond donors (Lipinski definition) is 1. The molecular weight excluding hydrogens is 497 g/mol. The maximum Gasteiger partial charge on any atom is 0.244 e. The standard InChI is InChI=1S/C24H31Cl2N3O4S/c1-16(2)13-27-24(31)18(4)28(14-19-10-11-20(25)12-21(19)26)23(30)15-29(34(5,32)33)22-9-7-6-8-17(22)3/h6-12,16,18H,13-15H2,1-5H3,(H,27,31)/t18-/m0/s1. The number of aryl methyl sites for hydroxylation is 1. The zero-order valence-electron chi connectivity index (χ0n) is 20.0. The number of anilines is 1. The van der Waals surface area contributed by atoms with Crippen molar-refractivity contribution in [1.82, 2.24) is 10.2 Å². The van der Waals surface area contributed by atoms with E-state index in [1.54, 1.807) is 56.3 Å². The molecule has 2 aromatic rings. The van der Waals surface area contributed by atoms with E-state index in [0.29, 0.717) is 33.4 Å². The van der Waals surface area contributed by atoms with E-state index in [4.69, 9.17) is 23.2 Å². The second kappa shape index (κ2) is 11.9. The Hall–Kier alpha value is -2.29. The molecule has 0 aromatic heterocycles. The lowest BCUT2D eigenvalue weighted by molar-refractivity contribution is -0.139. The average Bonchev–Trinajstić information content (AvgIpc) is 2.74. The summed E-state index contributed by atoms with van der Waals surface area (Å²) >= 11 is 12.3. The van der Waals surface area contributed by atoms with Gasteiger partial charge in [0.15, 0.2) is 0 Å². The molecule has 1 atom stereocenters.